The Balaban J connectivity index is 3.77. The lowest BCUT2D eigenvalue weighted by molar-refractivity contribution is -0.392. The SMILES string of the molecule is O=[N+]([O-])c1c(O)c(O)c([N+](=O)[O-])c(O)c1O. The second-order valence-electron chi connectivity index (χ2n) is 2.61. The van der Waals surface area contributed by atoms with Crippen molar-refractivity contribution in [3.05, 3.63) is 20.2 Å². The number of rotatable bonds is 2. The van der Waals surface area contributed by atoms with Gasteiger partial charge in [0.15, 0.2) is 0 Å². The molecule has 0 spiro atoms. The third-order valence-electron chi connectivity index (χ3n) is 1.71. The van der Waals surface area contributed by atoms with E-state index >= 15 is 0 Å². The highest BCUT2D eigenvalue weighted by molar-refractivity contribution is 5.77. The zero-order valence-corrected chi connectivity index (χ0v) is 7.32. The highest BCUT2D eigenvalue weighted by Crippen LogP contribution is 2.54. The molecule has 0 aliphatic heterocycles. The van der Waals surface area contributed by atoms with Crippen LogP contribution in [-0.4, -0.2) is 30.3 Å². The number of nitro benzene ring substituents is 2. The number of hydrogen-bond acceptors (Lipinski definition) is 8. The van der Waals surface area contributed by atoms with Crippen molar-refractivity contribution in [3.8, 4) is 23.0 Å². The molecule has 0 amide bonds. The van der Waals surface area contributed by atoms with Crippen LogP contribution in [0.4, 0.5) is 11.4 Å². The molecular weight excluding hydrogens is 228 g/mol. The molecule has 1 aromatic rings. The minimum Gasteiger partial charge on any atom is -0.499 e. The van der Waals surface area contributed by atoms with Crippen LogP contribution in [0, 0.1) is 20.2 Å². The molecule has 4 N–H and O–H groups in total. The third kappa shape index (κ3) is 1.37. The van der Waals surface area contributed by atoms with Crippen molar-refractivity contribution in [2.45, 2.75) is 0 Å². The Hall–Kier alpha value is -2.78. The lowest BCUT2D eigenvalue weighted by atomic mass is 10.2. The summed E-state index contributed by atoms with van der Waals surface area (Å²) in [4.78, 5) is 18.0. The van der Waals surface area contributed by atoms with Crippen LogP contribution in [0.1, 0.15) is 0 Å². The highest BCUT2D eigenvalue weighted by Gasteiger charge is 2.37. The van der Waals surface area contributed by atoms with E-state index in [1.165, 1.54) is 0 Å². The maximum Gasteiger partial charge on any atom is 0.360 e. The van der Waals surface area contributed by atoms with Crippen molar-refractivity contribution in [2.24, 2.45) is 0 Å². The predicted octanol–water partition coefficient (Wildman–Crippen LogP) is 0.325. The van der Waals surface area contributed by atoms with Crippen molar-refractivity contribution in [1.82, 2.24) is 0 Å². The van der Waals surface area contributed by atoms with Crippen molar-refractivity contribution in [1.29, 1.82) is 0 Å². The van der Waals surface area contributed by atoms with E-state index < -0.39 is 44.2 Å². The van der Waals surface area contributed by atoms with Gasteiger partial charge in [-0.25, -0.2) is 0 Å². The lowest BCUT2D eigenvalue weighted by Crippen LogP contribution is -1.95. The molecule has 0 aromatic heterocycles. The van der Waals surface area contributed by atoms with Gasteiger partial charge in [-0.05, 0) is 0 Å². The summed E-state index contributed by atoms with van der Waals surface area (Å²) in [6.07, 6.45) is 0. The van der Waals surface area contributed by atoms with Gasteiger partial charge in [-0.15, -0.1) is 0 Å². The first-order valence-corrected chi connectivity index (χ1v) is 3.57. The van der Waals surface area contributed by atoms with Gasteiger partial charge < -0.3 is 20.4 Å². The number of phenols is 4. The van der Waals surface area contributed by atoms with Gasteiger partial charge in [0, 0.05) is 0 Å². The zero-order chi connectivity index (χ0) is 12.6. The van der Waals surface area contributed by atoms with Gasteiger partial charge in [-0.1, -0.05) is 0 Å². The summed E-state index contributed by atoms with van der Waals surface area (Å²) in [5.41, 5.74) is -2.83. The summed E-state index contributed by atoms with van der Waals surface area (Å²) in [6.45, 7) is 0. The number of nitro groups is 2. The van der Waals surface area contributed by atoms with Crippen LogP contribution < -0.4 is 0 Å². The van der Waals surface area contributed by atoms with Gasteiger partial charge >= 0.3 is 11.4 Å². The molecular formula is C6H4N2O8. The molecule has 10 nitrogen and oxygen atoms in total. The molecule has 0 radical (unpaired) electrons. The Bertz CT molecular complexity index is 422. The molecule has 16 heavy (non-hydrogen) atoms. The molecule has 1 rings (SSSR count). The number of benzene rings is 1. The van der Waals surface area contributed by atoms with Gasteiger partial charge in [0.2, 0.25) is 23.0 Å². The van der Waals surface area contributed by atoms with E-state index in [0.29, 0.717) is 0 Å². The normalized spacial score (nSPS) is 10.0. The second kappa shape index (κ2) is 3.42. The highest BCUT2D eigenvalue weighted by atomic mass is 16.6. The first-order valence-electron chi connectivity index (χ1n) is 3.57. The monoisotopic (exact) mass is 232 g/mol. The van der Waals surface area contributed by atoms with Crippen molar-refractivity contribution >= 4 is 11.4 Å². The first kappa shape index (κ1) is 11.3. The van der Waals surface area contributed by atoms with E-state index in [4.69, 9.17) is 20.4 Å². The van der Waals surface area contributed by atoms with Crippen LogP contribution in [0.15, 0.2) is 0 Å². The predicted molar refractivity (Wildman–Crippen MR) is 46.4 cm³/mol. The number of aromatic hydroxyl groups is 4. The molecule has 86 valence electrons. The van der Waals surface area contributed by atoms with Crippen molar-refractivity contribution in [2.75, 3.05) is 0 Å². The largest absolute Gasteiger partial charge is 0.499 e. The molecule has 0 saturated carbocycles. The minimum atomic E-state index is -1.49. The van der Waals surface area contributed by atoms with E-state index in [-0.39, 0.29) is 0 Å². The van der Waals surface area contributed by atoms with E-state index in [1.807, 2.05) is 0 Å². The average molecular weight is 232 g/mol. The summed E-state index contributed by atoms with van der Waals surface area (Å²) in [6, 6.07) is 0. The van der Waals surface area contributed by atoms with E-state index in [2.05, 4.69) is 0 Å². The number of nitrogens with zero attached hydrogens (tertiary/aromatic N) is 2. The second-order valence-corrected chi connectivity index (χ2v) is 2.61. The van der Waals surface area contributed by atoms with Gasteiger partial charge in [0.1, 0.15) is 0 Å². The molecule has 0 atom stereocenters. The summed E-state index contributed by atoms with van der Waals surface area (Å²) in [7, 11) is 0. The molecule has 0 heterocycles. The first-order chi connectivity index (χ1) is 7.29. The summed E-state index contributed by atoms with van der Waals surface area (Å²) in [5, 5.41) is 56.8. The van der Waals surface area contributed by atoms with Crippen LogP contribution in [-0.2, 0) is 0 Å². The van der Waals surface area contributed by atoms with Gasteiger partial charge in [-0.3, -0.25) is 20.2 Å². The number of phenolic OH excluding ortho intramolecular Hbond substituents is 4. The molecule has 0 fully saturated rings. The van der Waals surface area contributed by atoms with Crippen LogP contribution >= 0.6 is 0 Å². The quantitative estimate of drug-likeness (QED) is 0.244. The maximum absolute atomic E-state index is 10.3. The molecule has 0 aliphatic carbocycles. The van der Waals surface area contributed by atoms with Gasteiger partial charge in [0.05, 0.1) is 9.85 Å². The maximum atomic E-state index is 10.3. The Kier molecular flexibility index (Phi) is 2.41. The standard InChI is InChI=1S/C6H4N2O8/c9-3-1(7(13)14)4(10)6(12)2(5(3)11)8(15)16/h9-12H. The summed E-state index contributed by atoms with van der Waals surface area (Å²) in [5.74, 6) is -5.97. The molecule has 1 aromatic carbocycles. The lowest BCUT2D eigenvalue weighted by Gasteiger charge is -2.04. The summed E-state index contributed by atoms with van der Waals surface area (Å²) < 4.78 is 0. The Morgan fingerprint density at radius 2 is 0.875 bits per heavy atom. The molecule has 10 heteroatoms. The Morgan fingerprint density at radius 1 is 0.688 bits per heavy atom. The van der Waals surface area contributed by atoms with Crippen molar-refractivity contribution < 1.29 is 30.3 Å². The molecule has 0 bridgehead atoms. The van der Waals surface area contributed by atoms with Crippen LogP contribution in [0.3, 0.4) is 0 Å². The molecule has 0 unspecified atom stereocenters. The van der Waals surface area contributed by atoms with Crippen LogP contribution in [0.25, 0.3) is 0 Å². The van der Waals surface area contributed by atoms with Crippen LogP contribution in [0.5, 0.6) is 23.0 Å². The summed E-state index contributed by atoms with van der Waals surface area (Å²) >= 11 is 0. The third-order valence-corrected chi connectivity index (χ3v) is 1.71. The Labute approximate surface area is 85.9 Å². The smallest absolute Gasteiger partial charge is 0.360 e. The Morgan fingerprint density at radius 3 is 1.00 bits per heavy atom. The van der Waals surface area contributed by atoms with E-state index in [9.17, 15) is 20.2 Å². The minimum absolute atomic E-state index is 1.31. The molecule has 0 aliphatic rings. The van der Waals surface area contributed by atoms with Gasteiger partial charge in [-0.2, -0.15) is 0 Å². The average Bonchev–Trinajstić information content (AvgIpc) is 2.14. The fourth-order valence-electron chi connectivity index (χ4n) is 1.02. The van der Waals surface area contributed by atoms with E-state index in [1.54, 1.807) is 0 Å². The topological polar surface area (TPSA) is 167 Å². The van der Waals surface area contributed by atoms with E-state index in [0.717, 1.165) is 0 Å². The van der Waals surface area contributed by atoms with Crippen molar-refractivity contribution in [3.63, 3.8) is 0 Å². The molecule has 0 saturated heterocycles. The van der Waals surface area contributed by atoms with Crippen LogP contribution in [0.2, 0.25) is 0 Å². The fraction of sp³-hybridized carbons (Fsp3) is 0. The fourth-order valence-corrected chi connectivity index (χ4v) is 1.02. The zero-order valence-electron chi connectivity index (χ0n) is 7.32. The number of hydrogen-bond donors (Lipinski definition) is 4. The van der Waals surface area contributed by atoms with Gasteiger partial charge in [0.25, 0.3) is 0 Å².